The number of rotatable bonds is 4. The number of aromatic nitrogens is 2. The Balaban J connectivity index is 1.67. The van der Waals surface area contributed by atoms with Crippen LogP contribution in [0.4, 0.5) is 4.39 Å². The van der Waals surface area contributed by atoms with E-state index in [0.717, 1.165) is 6.07 Å². The second-order valence-electron chi connectivity index (χ2n) is 4.71. The molecule has 0 unspecified atom stereocenters. The highest BCUT2D eigenvalue weighted by molar-refractivity contribution is 6.30. The van der Waals surface area contributed by atoms with Crippen molar-refractivity contribution in [2.45, 2.75) is 6.61 Å². The molecule has 0 aliphatic carbocycles. The van der Waals surface area contributed by atoms with Crippen LogP contribution < -0.4 is 0 Å². The zero-order chi connectivity index (χ0) is 17.1. The van der Waals surface area contributed by atoms with Gasteiger partial charge < -0.3 is 9.15 Å². The fourth-order valence-electron chi connectivity index (χ4n) is 1.88. The molecule has 0 atom stereocenters. The molecule has 2 aromatic carbocycles. The Bertz CT molecular complexity index is 881. The lowest BCUT2D eigenvalue weighted by molar-refractivity contribution is 0.0433. The molecule has 0 aliphatic rings. The second-order valence-corrected chi connectivity index (χ2v) is 5.58. The number of ether oxygens (including phenoxy) is 1. The molecule has 0 N–H and O–H groups in total. The number of hydrogen-bond donors (Lipinski definition) is 0. The van der Waals surface area contributed by atoms with Gasteiger partial charge in [0, 0.05) is 15.6 Å². The van der Waals surface area contributed by atoms with E-state index in [2.05, 4.69) is 10.2 Å². The quantitative estimate of drug-likeness (QED) is 0.634. The summed E-state index contributed by atoms with van der Waals surface area (Å²) in [5, 5.41) is 8.40. The summed E-state index contributed by atoms with van der Waals surface area (Å²) in [6, 6.07) is 10.5. The summed E-state index contributed by atoms with van der Waals surface area (Å²) in [5.74, 6) is -1.27. The first-order valence-electron chi connectivity index (χ1n) is 6.73. The minimum Gasteiger partial charge on any atom is -0.452 e. The molecule has 8 heteroatoms. The average Bonchev–Trinajstić information content (AvgIpc) is 3.02. The Morgan fingerprint density at radius 2 is 1.79 bits per heavy atom. The predicted octanol–water partition coefficient (Wildman–Crippen LogP) is 4.54. The monoisotopic (exact) mass is 366 g/mol. The summed E-state index contributed by atoms with van der Waals surface area (Å²) in [5.41, 5.74) is 0.449. The number of carbonyl (C=O) groups excluding carboxylic acids is 1. The summed E-state index contributed by atoms with van der Waals surface area (Å²) in [6.07, 6.45) is 0. The van der Waals surface area contributed by atoms with Crippen LogP contribution in [-0.2, 0) is 11.3 Å². The van der Waals surface area contributed by atoms with E-state index in [4.69, 9.17) is 32.4 Å². The topological polar surface area (TPSA) is 65.2 Å². The van der Waals surface area contributed by atoms with Crippen molar-refractivity contribution in [2.75, 3.05) is 0 Å². The van der Waals surface area contributed by atoms with Crippen molar-refractivity contribution in [1.82, 2.24) is 10.2 Å². The highest BCUT2D eigenvalue weighted by Gasteiger charge is 2.16. The summed E-state index contributed by atoms with van der Waals surface area (Å²) in [6.45, 7) is -0.276. The first-order chi connectivity index (χ1) is 11.5. The van der Waals surface area contributed by atoms with Crippen LogP contribution >= 0.6 is 23.2 Å². The number of nitrogens with zero attached hydrogens (tertiary/aromatic N) is 2. The standard InChI is InChI=1S/C16H9Cl2FN2O3/c17-10-3-1-9(2-4-10)15-21-20-14(24-15)8-23-16(22)12-6-5-11(18)7-13(12)19/h1-7H,8H2. The van der Waals surface area contributed by atoms with Gasteiger partial charge >= 0.3 is 5.97 Å². The van der Waals surface area contributed by atoms with E-state index in [-0.39, 0.29) is 29.0 Å². The molecule has 0 fully saturated rings. The molecule has 122 valence electrons. The highest BCUT2D eigenvalue weighted by atomic mass is 35.5. The molecule has 0 bridgehead atoms. The van der Waals surface area contributed by atoms with Crippen molar-refractivity contribution in [3.63, 3.8) is 0 Å². The second kappa shape index (κ2) is 6.98. The van der Waals surface area contributed by atoms with E-state index < -0.39 is 11.8 Å². The third kappa shape index (κ3) is 3.72. The predicted molar refractivity (Wildman–Crippen MR) is 85.3 cm³/mol. The molecular weight excluding hydrogens is 358 g/mol. The van der Waals surface area contributed by atoms with Crippen molar-refractivity contribution < 1.29 is 18.3 Å². The van der Waals surface area contributed by atoms with Gasteiger partial charge in [-0.05, 0) is 42.5 Å². The van der Waals surface area contributed by atoms with E-state index >= 15 is 0 Å². The van der Waals surface area contributed by atoms with Crippen molar-refractivity contribution in [2.24, 2.45) is 0 Å². The number of esters is 1. The number of hydrogen-bond acceptors (Lipinski definition) is 5. The van der Waals surface area contributed by atoms with E-state index in [1.165, 1.54) is 12.1 Å². The van der Waals surface area contributed by atoms with Crippen LogP contribution in [0.15, 0.2) is 46.9 Å². The molecule has 0 radical (unpaired) electrons. The Labute approximate surface area is 146 Å². The molecule has 0 saturated carbocycles. The van der Waals surface area contributed by atoms with Crippen LogP contribution in [0, 0.1) is 5.82 Å². The maximum atomic E-state index is 13.6. The minimum absolute atomic E-state index is 0.0858. The fourth-order valence-corrected chi connectivity index (χ4v) is 2.17. The van der Waals surface area contributed by atoms with Gasteiger partial charge in [-0.2, -0.15) is 0 Å². The zero-order valence-electron chi connectivity index (χ0n) is 12.0. The molecule has 1 aromatic heterocycles. The maximum Gasteiger partial charge on any atom is 0.341 e. The molecule has 3 rings (SSSR count). The number of carbonyl (C=O) groups is 1. The van der Waals surface area contributed by atoms with Crippen LogP contribution in [0.3, 0.4) is 0 Å². The van der Waals surface area contributed by atoms with Gasteiger partial charge in [0.25, 0.3) is 5.89 Å². The van der Waals surface area contributed by atoms with Gasteiger partial charge in [-0.25, -0.2) is 9.18 Å². The average molecular weight is 367 g/mol. The van der Waals surface area contributed by atoms with Crippen LogP contribution in [-0.4, -0.2) is 16.2 Å². The summed E-state index contributed by atoms with van der Waals surface area (Å²) >= 11 is 11.4. The Morgan fingerprint density at radius 3 is 2.50 bits per heavy atom. The third-order valence-corrected chi connectivity index (χ3v) is 3.52. The SMILES string of the molecule is O=C(OCc1nnc(-c2ccc(Cl)cc2)o1)c1ccc(Cl)cc1F. The largest absolute Gasteiger partial charge is 0.452 e. The lowest BCUT2D eigenvalue weighted by atomic mass is 10.2. The maximum absolute atomic E-state index is 13.6. The summed E-state index contributed by atoms with van der Waals surface area (Å²) in [4.78, 5) is 11.9. The van der Waals surface area contributed by atoms with E-state index in [9.17, 15) is 9.18 Å². The molecule has 1 heterocycles. The molecule has 5 nitrogen and oxygen atoms in total. The van der Waals surface area contributed by atoms with Gasteiger partial charge in [-0.1, -0.05) is 23.2 Å². The van der Waals surface area contributed by atoms with E-state index in [0.29, 0.717) is 10.6 Å². The smallest absolute Gasteiger partial charge is 0.341 e. The summed E-state index contributed by atoms with van der Waals surface area (Å²) in [7, 11) is 0. The van der Waals surface area contributed by atoms with Gasteiger partial charge in [-0.15, -0.1) is 10.2 Å². The van der Waals surface area contributed by atoms with Crippen molar-refractivity contribution in [1.29, 1.82) is 0 Å². The van der Waals surface area contributed by atoms with Crippen molar-refractivity contribution >= 4 is 29.2 Å². The van der Waals surface area contributed by atoms with Crippen LogP contribution in [0.5, 0.6) is 0 Å². The fraction of sp³-hybridized carbons (Fsp3) is 0.0625. The minimum atomic E-state index is -0.851. The molecular formula is C16H9Cl2FN2O3. The van der Waals surface area contributed by atoms with E-state index in [1.807, 2.05) is 0 Å². The Morgan fingerprint density at radius 1 is 1.08 bits per heavy atom. The van der Waals surface area contributed by atoms with Crippen LogP contribution in [0.1, 0.15) is 16.2 Å². The first-order valence-corrected chi connectivity index (χ1v) is 7.49. The molecule has 0 amide bonds. The zero-order valence-corrected chi connectivity index (χ0v) is 13.5. The number of benzene rings is 2. The van der Waals surface area contributed by atoms with E-state index in [1.54, 1.807) is 24.3 Å². The van der Waals surface area contributed by atoms with Gasteiger partial charge in [0.2, 0.25) is 5.89 Å². The normalized spacial score (nSPS) is 10.6. The van der Waals surface area contributed by atoms with Crippen LogP contribution in [0.2, 0.25) is 10.0 Å². The van der Waals surface area contributed by atoms with Gasteiger partial charge in [-0.3, -0.25) is 0 Å². The highest BCUT2D eigenvalue weighted by Crippen LogP contribution is 2.21. The van der Waals surface area contributed by atoms with Gasteiger partial charge in [0.15, 0.2) is 6.61 Å². The Hall–Kier alpha value is -2.44. The van der Waals surface area contributed by atoms with Crippen molar-refractivity contribution in [3.8, 4) is 11.5 Å². The molecule has 3 aromatic rings. The molecule has 0 aliphatic heterocycles. The van der Waals surface area contributed by atoms with Gasteiger partial charge in [0.1, 0.15) is 5.82 Å². The first kappa shape index (κ1) is 16.4. The lowest BCUT2D eigenvalue weighted by Crippen LogP contribution is -2.07. The lowest BCUT2D eigenvalue weighted by Gasteiger charge is -2.03. The Kier molecular flexibility index (Phi) is 4.78. The molecule has 24 heavy (non-hydrogen) atoms. The molecule has 0 spiro atoms. The third-order valence-electron chi connectivity index (χ3n) is 3.04. The van der Waals surface area contributed by atoms with Gasteiger partial charge in [0.05, 0.1) is 5.56 Å². The molecule has 0 saturated heterocycles. The number of halogens is 3. The summed E-state index contributed by atoms with van der Waals surface area (Å²) < 4.78 is 24.0. The van der Waals surface area contributed by atoms with Crippen LogP contribution in [0.25, 0.3) is 11.5 Å². The van der Waals surface area contributed by atoms with Crippen molar-refractivity contribution in [3.05, 3.63) is 69.8 Å².